The Balaban J connectivity index is 2.16. The first-order chi connectivity index (χ1) is 11.0. The van der Waals surface area contributed by atoms with Gasteiger partial charge in [-0.3, -0.25) is 4.40 Å². The maximum absolute atomic E-state index is 11.2. The molecule has 0 saturated carbocycles. The number of imidazole rings is 1. The molecule has 0 bridgehead atoms. The molecule has 6 nitrogen and oxygen atoms in total. The van der Waals surface area contributed by atoms with Crippen LogP contribution in [0, 0.1) is 4.91 Å². The van der Waals surface area contributed by atoms with Crippen LogP contribution in [0.15, 0.2) is 47.8 Å². The van der Waals surface area contributed by atoms with Crippen LogP contribution in [0.25, 0.3) is 16.9 Å². The zero-order chi connectivity index (χ0) is 16.6. The molecule has 1 N–H and O–H groups in total. The van der Waals surface area contributed by atoms with E-state index in [0.29, 0.717) is 17.3 Å². The third-order valence-corrected chi connectivity index (χ3v) is 3.79. The normalized spacial score (nSPS) is 11.1. The Bertz CT molecular complexity index is 895. The molecule has 3 aromatic rings. The summed E-state index contributed by atoms with van der Waals surface area (Å²) in [5.74, 6) is -0.472. The van der Waals surface area contributed by atoms with E-state index >= 15 is 0 Å². The van der Waals surface area contributed by atoms with Crippen LogP contribution in [0.3, 0.4) is 0 Å². The molecule has 23 heavy (non-hydrogen) atoms. The lowest BCUT2D eigenvalue weighted by atomic mass is 10.0. The fraction of sp³-hybridized carbons (Fsp3) is 0.176. The molecule has 2 heterocycles. The van der Waals surface area contributed by atoms with Gasteiger partial charge in [-0.2, -0.15) is 0 Å². The van der Waals surface area contributed by atoms with Crippen LogP contribution in [-0.4, -0.2) is 20.5 Å². The lowest BCUT2D eigenvalue weighted by Gasteiger charge is -2.05. The zero-order valence-corrected chi connectivity index (χ0v) is 12.7. The highest BCUT2D eigenvalue weighted by molar-refractivity contribution is 5.89. The van der Waals surface area contributed by atoms with E-state index in [0.717, 1.165) is 5.56 Å². The number of carboxylic acids is 1. The molecule has 0 aliphatic heterocycles. The molecular formula is C17H15N3O3. The van der Waals surface area contributed by atoms with Gasteiger partial charge in [0.1, 0.15) is 11.3 Å². The molecule has 116 valence electrons. The van der Waals surface area contributed by atoms with E-state index in [-0.39, 0.29) is 11.4 Å². The fourth-order valence-electron chi connectivity index (χ4n) is 2.47. The zero-order valence-electron chi connectivity index (χ0n) is 12.7. The first kappa shape index (κ1) is 14.9. The number of carbonyl (C=O) groups is 1. The number of nitrogens with zero attached hydrogens (tertiary/aromatic N) is 3. The molecule has 0 amide bonds. The summed E-state index contributed by atoms with van der Waals surface area (Å²) in [5, 5.41) is 12.1. The maximum Gasteiger partial charge on any atom is 0.335 e. The van der Waals surface area contributed by atoms with Crippen molar-refractivity contribution in [3.8, 4) is 11.3 Å². The van der Waals surface area contributed by atoms with Gasteiger partial charge in [-0.15, -0.1) is 4.91 Å². The average Bonchev–Trinajstić information content (AvgIpc) is 2.92. The predicted octanol–water partition coefficient (Wildman–Crippen LogP) is 4.22. The Morgan fingerprint density at radius 1 is 1.22 bits per heavy atom. The number of aromatic carboxylic acids is 1. The summed E-state index contributed by atoms with van der Waals surface area (Å²) in [6.07, 6.45) is 1.49. The Morgan fingerprint density at radius 2 is 1.91 bits per heavy atom. The monoisotopic (exact) mass is 309 g/mol. The maximum atomic E-state index is 11.2. The number of benzene rings is 1. The first-order valence-corrected chi connectivity index (χ1v) is 7.20. The molecule has 0 atom stereocenters. The van der Waals surface area contributed by atoms with Crippen molar-refractivity contribution in [1.82, 2.24) is 9.38 Å². The molecule has 2 aromatic heterocycles. The number of fused-ring (bicyclic) bond motifs is 1. The van der Waals surface area contributed by atoms with E-state index in [2.05, 4.69) is 24.0 Å². The Morgan fingerprint density at radius 3 is 2.48 bits per heavy atom. The second kappa shape index (κ2) is 5.64. The summed E-state index contributed by atoms with van der Waals surface area (Å²) in [7, 11) is 0. The summed E-state index contributed by atoms with van der Waals surface area (Å²) in [6, 6.07) is 10.6. The minimum atomic E-state index is -1.04. The Labute approximate surface area is 132 Å². The van der Waals surface area contributed by atoms with Gasteiger partial charge in [-0.25, -0.2) is 9.78 Å². The molecule has 0 unspecified atom stereocenters. The van der Waals surface area contributed by atoms with Crippen LogP contribution >= 0.6 is 0 Å². The minimum Gasteiger partial charge on any atom is -0.478 e. The van der Waals surface area contributed by atoms with Crippen molar-refractivity contribution in [3.05, 3.63) is 58.6 Å². The quantitative estimate of drug-likeness (QED) is 0.731. The summed E-state index contributed by atoms with van der Waals surface area (Å²) >= 11 is 0. The predicted molar refractivity (Wildman–Crippen MR) is 87.1 cm³/mol. The van der Waals surface area contributed by atoms with Crippen LogP contribution in [-0.2, 0) is 0 Å². The van der Waals surface area contributed by atoms with Crippen LogP contribution < -0.4 is 0 Å². The van der Waals surface area contributed by atoms with Gasteiger partial charge in [0.15, 0.2) is 0 Å². The highest BCUT2D eigenvalue weighted by Crippen LogP contribution is 2.32. The second-order valence-corrected chi connectivity index (χ2v) is 5.60. The van der Waals surface area contributed by atoms with E-state index in [1.54, 1.807) is 0 Å². The minimum absolute atomic E-state index is 0.113. The topological polar surface area (TPSA) is 84.0 Å². The summed E-state index contributed by atoms with van der Waals surface area (Å²) in [5.41, 5.74) is 2.89. The largest absolute Gasteiger partial charge is 0.478 e. The van der Waals surface area contributed by atoms with E-state index in [9.17, 15) is 9.70 Å². The standard InChI is InChI=1S/C17H15N3O3/c1-10(2)11-3-5-12(6-4-11)15-16(19-23)20-8-7-13(17(21)22)9-14(20)18-15/h3-10H,1-2H3,(H,21,22). The molecule has 0 aliphatic carbocycles. The number of rotatable bonds is 4. The molecule has 3 rings (SSSR count). The van der Waals surface area contributed by atoms with Gasteiger partial charge in [0.25, 0.3) is 0 Å². The van der Waals surface area contributed by atoms with E-state index in [1.165, 1.54) is 28.3 Å². The van der Waals surface area contributed by atoms with Gasteiger partial charge in [-0.05, 0) is 28.8 Å². The molecule has 0 spiro atoms. The van der Waals surface area contributed by atoms with Crippen LogP contribution in [0.2, 0.25) is 0 Å². The van der Waals surface area contributed by atoms with Crippen molar-refractivity contribution in [3.63, 3.8) is 0 Å². The number of hydrogen-bond acceptors (Lipinski definition) is 4. The van der Waals surface area contributed by atoms with Gasteiger partial charge in [0.2, 0.25) is 5.82 Å². The first-order valence-electron chi connectivity index (χ1n) is 7.20. The number of aromatic nitrogens is 2. The van der Waals surface area contributed by atoms with Crippen molar-refractivity contribution < 1.29 is 9.90 Å². The third-order valence-electron chi connectivity index (χ3n) is 3.79. The molecule has 1 aromatic carbocycles. The molecule has 0 radical (unpaired) electrons. The average molecular weight is 309 g/mol. The SMILES string of the molecule is CC(C)c1ccc(-c2nc3cc(C(=O)O)ccn3c2N=O)cc1. The second-order valence-electron chi connectivity index (χ2n) is 5.60. The van der Waals surface area contributed by atoms with Crippen molar-refractivity contribution in [2.75, 3.05) is 0 Å². The molecule has 0 fully saturated rings. The van der Waals surface area contributed by atoms with E-state index in [1.807, 2.05) is 24.3 Å². The van der Waals surface area contributed by atoms with Crippen molar-refractivity contribution in [2.24, 2.45) is 5.18 Å². The third kappa shape index (κ3) is 2.59. The van der Waals surface area contributed by atoms with Gasteiger partial charge in [0, 0.05) is 11.8 Å². The summed E-state index contributed by atoms with van der Waals surface area (Å²) < 4.78 is 1.49. The van der Waals surface area contributed by atoms with E-state index < -0.39 is 5.97 Å². The number of carboxylic acid groups (broad SMARTS) is 1. The van der Waals surface area contributed by atoms with E-state index in [4.69, 9.17) is 5.11 Å². The van der Waals surface area contributed by atoms with Crippen LogP contribution in [0.5, 0.6) is 0 Å². The molecule has 0 saturated heterocycles. The molecular weight excluding hydrogens is 294 g/mol. The number of hydrogen-bond donors (Lipinski definition) is 1. The molecule has 6 heteroatoms. The summed E-state index contributed by atoms with van der Waals surface area (Å²) in [4.78, 5) is 26.7. The van der Waals surface area contributed by atoms with Crippen molar-refractivity contribution >= 4 is 17.4 Å². The number of pyridine rings is 1. The Kier molecular flexibility index (Phi) is 3.65. The van der Waals surface area contributed by atoms with Gasteiger partial charge in [-0.1, -0.05) is 38.1 Å². The fourth-order valence-corrected chi connectivity index (χ4v) is 2.47. The smallest absolute Gasteiger partial charge is 0.335 e. The Hall–Kier alpha value is -3.02. The lowest BCUT2D eigenvalue weighted by molar-refractivity contribution is 0.0697. The highest BCUT2D eigenvalue weighted by atomic mass is 16.4. The summed E-state index contributed by atoms with van der Waals surface area (Å²) in [6.45, 7) is 4.21. The van der Waals surface area contributed by atoms with Gasteiger partial charge >= 0.3 is 5.97 Å². The van der Waals surface area contributed by atoms with Crippen molar-refractivity contribution in [1.29, 1.82) is 0 Å². The lowest BCUT2D eigenvalue weighted by Crippen LogP contribution is -1.97. The van der Waals surface area contributed by atoms with Crippen LogP contribution in [0.1, 0.15) is 35.7 Å². The van der Waals surface area contributed by atoms with Gasteiger partial charge < -0.3 is 5.11 Å². The molecule has 0 aliphatic rings. The van der Waals surface area contributed by atoms with Gasteiger partial charge in [0.05, 0.1) is 5.56 Å². The van der Waals surface area contributed by atoms with Crippen LogP contribution in [0.4, 0.5) is 5.82 Å². The van der Waals surface area contributed by atoms with Crippen molar-refractivity contribution in [2.45, 2.75) is 19.8 Å². The highest BCUT2D eigenvalue weighted by Gasteiger charge is 2.16. The number of nitroso groups, excluding NO2 is 1.